The van der Waals surface area contributed by atoms with E-state index < -0.39 is 0 Å². The molecule has 2 aromatic rings. The molecule has 0 saturated carbocycles. The first-order valence-electron chi connectivity index (χ1n) is 5.56. The van der Waals surface area contributed by atoms with Gasteiger partial charge in [0.05, 0.1) is 5.25 Å². The average Bonchev–Trinajstić information content (AvgIpc) is 2.98. The summed E-state index contributed by atoms with van der Waals surface area (Å²) in [5, 5.41) is 15.8. The second-order valence-corrected chi connectivity index (χ2v) is 6.17. The lowest BCUT2D eigenvalue weighted by atomic mass is 10.2. The lowest BCUT2D eigenvalue weighted by Crippen LogP contribution is -2.03. The summed E-state index contributed by atoms with van der Waals surface area (Å²) in [7, 11) is 0. The molecule has 17 heavy (non-hydrogen) atoms. The predicted molar refractivity (Wildman–Crippen MR) is 68.3 cm³/mol. The van der Waals surface area contributed by atoms with Gasteiger partial charge in [0.1, 0.15) is 10.6 Å². The number of rotatable bonds is 2. The van der Waals surface area contributed by atoms with Gasteiger partial charge in [0.2, 0.25) is 0 Å². The number of aromatic hydroxyl groups is 1. The highest BCUT2D eigenvalue weighted by Crippen LogP contribution is 2.39. The van der Waals surface area contributed by atoms with Crippen molar-refractivity contribution in [2.75, 3.05) is 5.75 Å². The first-order valence-corrected chi connectivity index (χ1v) is 7.49. The van der Waals surface area contributed by atoms with Gasteiger partial charge in [-0.3, -0.25) is 0 Å². The van der Waals surface area contributed by atoms with Gasteiger partial charge in [-0.1, -0.05) is 11.6 Å². The molecular formula is C11H12N2O2S2. The van der Waals surface area contributed by atoms with E-state index in [0.29, 0.717) is 16.0 Å². The molecule has 1 atom stereocenters. The molecule has 3 rings (SSSR count). The van der Waals surface area contributed by atoms with Crippen molar-refractivity contribution in [3.05, 3.63) is 17.3 Å². The maximum atomic E-state index is 9.60. The fourth-order valence-corrected chi connectivity index (χ4v) is 3.80. The summed E-state index contributed by atoms with van der Waals surface area (Å²) in [6, 6.07) is 1.64. The normalized spacial score (nSPS) is 20.6. The minimum atomic E-state index is 0.210. The lowest BCUT2D eigenvalue weighted by Gasteiger charge is -2.17. The van der Waals surface area contributed by atoms with Gasteiger partial charge in [0.15, 0.2) is 5.82 Å². The van der Waals surface area contributed by atoms with E-state index >= 15 is 0 Å². The van der Waals surface area contributed by atoms with Gasteiger partial charge in [0, 0.05) is 0 Å². The molecule has 3 heterocycles. The fourth-order valence-electron chi connectivity index (χ4n) is 1.86. The van der Waals surface area contributed by atoms with Crippen LogP contribution in [0.15, 0.2) is 16.0 Å². The van der Waals surface area contributed by atoms with Crippen molar-refractivity contribution in [2.24, 2.45) is 0 Å². The van der Waals surface area contributed by atoms with Crippen LogP contribution in [-0.2, 0) is 0 Å². The number of hydrogen-bond acceptors (Lipinski definition) is 6. The summed E-state index contributed by atoms with van der Waals surface area (Å²) in [6.45, 7) is 0. The van der Waals surface area contributed by atoms with Crippen molar-refractivity contribution in [1.82, 2.24) is 10.1 Å². The van der Waals surface area contributed by atoms with Crippen molar-refractivity contribution < 1.29 is 9.63 Å². The van der Waals surface area contributed by atoms with Crippen LogP contribution in [0.5, 0.6) is 5.75 Å². The molecule has 4 nitrogen and oxygen atoms in total. The van der Waals surface area contributed by atoms with Gasteiger partial charge in [-0.25, -0.2) is 0 Å². The van der Waals surface area contributed by atoms with Crippen molar-refractivity contribution >= 4 is 23.1 Å². The first kappa shape index (κ1) is 11.1. The van der Waals surface area contributed by atoms with Crippen molar-refractivity contribution in [3.8, 4) is 16.5 Å². The molecule has 1 saturated heterocycles. The van der Waals surface area contributed by atoms with E-state index in [1.807, 2.05) is 17.1 Å². The van der Waals surface area contributed by atoms with Crippen LogP contribution in [-0.4, -0.2) is 21.0 Å². The molecule has 0 amide bonds. The molecule has 6 heteroatoms. The van der Waals surface area contributed by atoms with Crippen LogP contribution in [0.2, 0.25) is 0 Å². The highest BCUT2D eigenvalue weighted by Gasteiger charge is 2.23. The lowest BCUT2D eigenvalue weighted by molar-refractivity contribution is 0.417. The molecule has 1 fully saturated rings. The number of thioether (sulfide) groups is 1. The third-order valence-corrected chi connectivity index (χ3v) is 5.01. The molecule has 1 unspecified atom stereocenters. The van der Waals surface area contributed by atoms with Crippen LogP contribution in [0, 0.1) is 0 Å². The smallest absolute Gasteiger partial charge is 0.271 e. The standard InChI is InChI=1S/C11H12N2O2S2/c14-7-4-6-17-9(7)11-12-10(13-15-11)8-3-1-2-5-16-8/h4,6,8,14H,1-3,5H2. The van der Waals surface area contributed by atoms with Gasteiger partial charge in [0.25, 0.3) is 5.89 Å². The minimum absolute atomic E-state index is 0.210. The Kier molecular flexibility index (Phi) is 3.07. The summed E-state index contributed by atoms with van der Waals surface area (Å²) in [5.74, 6) is 2.57. The van der Waals surface area contributed by atoms with Crippen LogP contribution >= 0.6 is 23.1 Å². The second kappa shape index (κ2) is 4.70. The van der Waals surface area contributed by atoms with E-state index in [1.54, 1.807) is 6.07 Å². The summed E-state index contributed by atoms with van der Waals surface area (Å²) in [6.07, 6.45) is 3.61. The highest BCUT2D eigenvalue weighted by molar-refractivity contribution is 7.99. The molecule has 2 aromatic heterocycles. The molecule has 1 N–H and O–H groups in total. The molecule has 1 aliphatic rings. The van der Waals surface area contributed by atoms with E-state index in [1.165, 1.54) is 29.9 Å². The van der Waals surface area contributed by atoms with Gasteiger partial charge < -0.3 is 9.63 Å². The van der Waals surface area contributed by atoms with Crippen LogP contribution in [0.25, 0.3) is 10.8 Å². The zero-order valence-electron chi connectivity index (χ0n) is 9.13. The quantitative estimate of drug-likeness (QED) is 0.903. The summed E-state index contributed by atoms with van der Waals surface area (Å²) in [5.41, 5.74) is 0. The Morgan fingerprint density at radius 3 is 3.06 bits per heavy atom. The number of thiophene rings is 1. The third-order valence-electron chi connectivity index (χ3n) is 2.75. The van der Waals surface area contributed by atoms with Crippen LogP contribution in [0.1, 0.15) is 30.3 Å². The average molecular weight is 268 g/mol. The third kappa shape index (κ3) is 2.19. The summed E-state index contributed by atoms with van der Waals surface area (Å²) < 4.78 is 5.22. The number of hydrogen-bond donors (Lipinski definition) is 1. The van der Waals surface area contributed by atoms with Gasteiger partial charge in [-0.05, 0) is 30.0 Å². The Labute approximate surface area is 107 Å². The fraction of sp³-hybridized carbons (Fsp3) is 0.455. The molecular weight excluding hydrogens is 256 g/mol. The molecule has 1 aliphatic heterocycles. The van der Waals surface area contributed by atoms with E-state index in [2.05, 4.69) is 10.1 Å². The SMILES string of the molecule is Oc1ccsc1-c1nc(C2CCCCS2)no1. The van der Waals surface area contributed by atoms with Gasteiger partial charge in [-0.2, -0.15) is 16.7 Å². The van der Waals surface area contributed by atoms with Crippen LogP contribution in [0.3, 0.4) is 0 Å². The Hall–Kier alpha value is -1.01. The van der Waals surface area contributed by atoms with Gasteiger partial charge >= 0.3 is 0 Å². The number of nitrogens with zero attached hydrogens (tertiary/aromatic N) is 2. The maximum absolute atomic E-state index is 9.60. The molecule has 0 aliphatic carbocycles. The zero-order chi connectivity index (χ0) is 11.7. The number of aromatic nitrogens is 2. The van der Waals surface area contributed by atoms with E-state index in [-0.39, 0.29) is 5.75 Å². The monoisotopic (exact) mass is 268 g/mol. The topological polar surface area (TPSA) is 59.2 Å². The zero-order valence-corrected chi connectivity index (χ0v) is 10.8. The van der Waals surface area contributed by atoms with Crippen LogP contribution < -0.4 is 0 Å². The second-order valence-electron chi connectivity index (χ2n) is 3.95. The van der Waals surface area contributed by atoms with Crippen molar-refractivity contribution in [2.45, 2.75) is 24.5 Å². The Bertz CT molecular complexity index is 503. The maximum Gasteiger partial charge on any atom is 0.271 e. The Balaban J connectivity index is 1.85. The molecule has 90 valence electrons. The van der Waals surface area contributed by atoms with Gasteiger partial charge in [-0.15, -0.1) is 11.3 Å². The van der Waals surface area contributed by atoms with E-state index in [4.69, 9.17) is 4.52 Å². The Morgan fingerprint density at radius 2 is 2.35 bits per heavy atom. The largest absolute Gasteiger partial charge is 0.506 e. The highest BCUT2D eigenvalue weighted by atomic mass is 32.2. The van der Waals surface area contributed by atoms with Crippen LogP contribution in [0.4, 0.5) is 0 Å². The Morgan fingerprint density at radius 1 is 1.41 bits per heavy atom. The van der Waals surface area contributed by atoms with E-state index in [0.717, 1.165) is 12.2 Å². The molecule has 0 spiro atoms. The molecule has 0 radical (unpaired) electrons. The van der Waals surface area contributed by atoms with Crippen molar-refractivity contribution in [3.63, 3.8) is 0 Å². The molecule has 0 bridgehead atoms. The summed E-state index contributed by atoms with van der Waals surface area (Å²) >= 11 is 3.30. The predicted octanol–water partition coefficient (Wildman–Crippen LogP) is 3.46. The van der Waals surface area contributed by atoms with Crippen molar-refractivity contribution in [1.29, 1.82) is 0 Å². The summed E-state index contributed by atoms with van der Waals surface area (Å²) in [4.78, 5) is 5.05. The first-order chi connectivity index (χ1) is 8.34. The molecule has 0 aromatic carbocycles. The minimum Gasteiger partial charge on any atom is -0.506 e. The van der Waals surface area contributed by atoms with E-state index in [9.17, 15) is 5.11 Å².